The van der Waals surface area contributed by atoms with Crippen molar-refractivity contribution in [1.29, 1.82) is 0 Å². The van der Waals surface area contributed by atoms with Gasteiger partial charge in [0.15, 0.2) is 0 Å². The first-order valence-electron chi connectivity index (χ1n) is 7.95. The normalized spacial score (nSPS) is 22.1. The fourth-order valence-electron chi connectivity index (χ4n) is 2.81. The maximum atomic E-state index is 14.3. The molecule has 21 heavy (non-hydrogen) atoms. The summed E-state index contributed by atoms with van der Waals surface area (Å²) in [6, 6.07) is 6.12. The van der Waals surface area contributed by atoms with Crippen molar-refractivity contribution >= 4 is 17.4 Å². The van der Waals surface area contributed by atoms with Gasteiger partial charge in [-0.3, -0.25) is 0 Å². The third-order valence-corrected chi connectivity index (χ3v) is 5.79. The molecular formula is C17H25FN2S. The first-order chi connectivity index (χ1) is 10.1. The van der Waals surface area contributed by atoms with E-state index < -0.39 is 0 Å². The van der Waals surface area contributed by atoms with Gasteiger partial charge in [0.1, 0.15) is 5.82 Å². The van der Waals surface area contributed by atoms with Gasteiger partial charge in [-0.1, -0.05) is 19.9 Å². The monoisotopic (exact) mass is 308 g/mol. The third kappa shape index (κ3) is 3.92. The van der Waals surface area contributed by atoms with Crippen LogP contribution in [0, 0.1) is 5.82 Å². The molecule has 0 atom stereocenters. The lowest BCUT2D eigenvalue weighted by molar-refractivity contribution is 0.582. The van der Waals surface area contributed by atoms with E-state index in [1.165, 1.54) is 12.8 Å². The molecule has 2 aliphatic rings. The first kappa shape index (κ1) is 15.2. The smallest absolute Gasteiger partial charge is 0.129 e. The highest BCUT2D eigenvalue weighted by Gasteiger charge is 2.26. The van der Waals surface area contributed by atoms with Crippen molar-refractivity contribution in [1.82, 2.24) is 5.32 Å². The Morgan fingerprint density at radius 2 is 2.14 bits per heavy atom. The number of hydrogen-bond donors (Lipinski definition) is 1. The van der Waals surface area contributed by atoms with Crippen molar-refractivity contribution in [2.75, 3.05) is 23.7 Å². The molecule has 1 saturated carbocycles. The van der Waals surface area contributed by atoms with Crippen molar-refractivity contribution < 1.29 is 4.39 Å². The molecular weight excluding hydrogens is 283 g/mol. The highest BCUT2D eigenvalue weighted by molar-refractivity contribution is 8.00. The number of nitrogens with one attached hydrogen (secondary N) is 1. The Morgan fingerprint density at radius 3 is 2.90 bits per heavy atom. The number of nitrogens with zero attached hydrogens (tertiary/aromatic N) is 1. The second-order valence-corrected chi connectivity index (χ2v) is 8.54. The van der Waals surface area contributed by atoms with Crippen molar-refractivity contribution in [3.8, 4) is 0 Å². The summed E-state index contributed by atoms with van der Waals surface area (Å²) in [4.78, 5) is 2.37. The molecule has 0 radical (unpaired) electrons. The summed E-state index contributed by atoms with van der Waals surface area (Å²) in [5, 5.41) is 3.45. The van der Waals surface area contributed by atoms with E-state index in [2.05, 4.69) is 30.1 Å². The van der Waals surface area contributed by atoms with Gasteiger partial charge in [-0.05, 0) is 31.4 Å². The topological polar surface area (TPSA) is 15.3 Å². The molecule has 2 fully saturated rings. The van der Waals surface area contributed by atoms with Crippen LogP contribution in [0.1, 0.15) is 38.7 Å². The van der Waals surface area contributed by atoms with Crippen molar-refractivity contribution in [2.24, 2.45) is 0 Å². The van der Waals surface area contributed by atoms with Gasteiger partial charge in [-0.2, -0.15) is 11.8 Å². The minimum Gasteiger partial charge on any atom is -0.370 e. The summed E-state index contributed by atoms with van der Waals surface area (Å²) >= 11 is 2.03. The summed E-state index contributed by atoms with van der Waals surface area (Å²) in [5.74, 6) is 1.04. The average molecular weight is 308 g/mol. The van der Waals surface area contributed by atoms with E-state index >= 15 is 0 Å². The molecule has 4 heteroatoms. The Bertz CT molecular complexity index is 500. The van der Waals surface area contributed by atoms with E-state index in [1.54, 1.807) is 6.07 Å². The van der Waals surface area contributed by atoms with Crippen molar-refractivity contribution in [2.45, 2.75) is 50.4 Å². The van der Waals surface area contributed by atoms with Gasteiger partial charge in [-0.15, -0.1) is 0 Å². The SMILES string of the molecule is CC1(C)CCN(c2cccc(F)c2CNC2CC2)CCS1. The largest absolute Gasteiger partial charge is 0.370 e. The molecule has 1 aliphatic heterocycles. The Balaban J connectivity index is 1.77. The molecule has 1 aromatic rings. The number of anilines is 1. The molecule has 0 unspecified atom stereocenters. The molecule has 0 spiro atoms. The van der Waals surface area contributed by atoms with Gasteiger partial charge < -0.3 is 10.2 Å². The zero-order valence-electron chi connectivity index (χ0n) is 13.0. The minimum absolute atomic E-state index is 0.0724. The molecule has 0 aromatic heterocycles. The van der Waals surface area contributed by atoms with Crippen LogP contribution >= 0.6 is 11.8 Å². The first-order valence-corrected chi connectivity index (χ1v) is 8.93. The molecule has 1 heterocycles. The van der Waals surface area contributed by atoms with Crippen LogP contribution in [0.2, 0.25) is 0 Å². The fraction of sp³-hybridized carbons (Fsp3) is 0.647. The van der Waals surface area contributed by atoms with Crippen LogP contribution in [0.4, 0.5) is 10.1 Å². The minimum atomic E-state index is -0.0724. The Kier molecular flexibility index (Phi) is 4.46. The quantitative estimate of drug-likeness (QED) is 0.911. The molecule has 1 aliphatic carbocycles. The highest BCUT2D eigenvalue weighted by Crippen LogP contribution is 2.34. The lowest BCUT2D eigenvalue weighted by atomic mass is 10.1. The molecule has 2 nitrogen and oxygen atoms in total. The maximum Gasteiger partial charge on any atom is 0.129 e. The van der Waals surface area contributed by atoms with Gasteiger partial charge in [0, 0.05) is 47.4 Å². The lowest BCUT2D eigenvalue weighted by Crippen LogP contribution is -2.29. The van der Waals surface area contributed by atoms with Gasteiger partial charge in [-0.25, -0.2) is 4.39 Å². The van der Waals surface area contributed by atoms with Gasteiger partial charge in [0.2, 0.25) is 0 Å². The number of thioether (sulfide) groups is 1. The van der Waals surface area contributed by atoms with E-state index in [1.807, 2.05) is 17.8 Å². The van der Waals surface area contributed by atoms with Crippen molar-refractivity contribution in [3.63, 3.8) is 0 Å². The second kappa shape index (κ2) is 6.17. The number of halogens is 1. The number of hydrogen-bond acceptors (Lipinski definition) is 3. The summed E-state index contributed by atoms with van der Waals surface area (Å²) in [6.45, 7) is 7.29. The summed E-state index contributed by atoms with van der Waals surface area (Å²) in [7, 11) is 0. The molecule has 1 saturated heterocycles. The molecule has 3 rings (SSSR count). The number of benzene rings is 1. The van der Waals surface area contributed by atoms with E-state index in [4.69, 9.17) is 0 Å². The molecule has 0 bridgehead atoms. The van der Waals surface area contributed by atoms with Crippen LogP contribution in [-0.4, -0.2) is 29.6 Å². The van der Waals surface area contributed by atoms with Crippen LogP contribution in [-0.2, 0) is 6.54 Å². The standard InChI is InChI=1S/C17H25FN2S/c1-17(2)8-9-20(10-11-21-17)16-5-3-4-15(18)14(16)12-19-13-6-7-13/h3-5,13,19H,6-12H2,1-2H3. The van der Waals surface area contributed by atoms with Crippen LogP contribution in [0.3, 0.4) is 0 Å². The Hall–Kier alpha value is -0.740. The van der Waals surface area contributed by atoms with E-state index in [0.717, 1.165) is 36.5 Å². The van der Waals surface area contributed by atoms with Crippen LogP contribution in [0.15, 0.2) is 18.2 Å². The van der Waals surface area contributed by atoms with E-state index in [9.17, 15) is 4.39 Å². The van der Waals surface area contributed by atoms with Gasteiger partial charge in [0.05, 0.1) is 0 Å². The zero-order chi connectivity index (χ0) is 14.9. The van der Waals surface area contributed by atoms with Gasteiger partial charge in [0.25, 0.3) is 0 Å². The Morgan fingerprint density at radius 1 is 1.33 bits per heavy atom. The molecule has 116 valence electrons. The predicted molar refractivity (Wildman–Crippen MR) is 89.6 cm³/mol. The number of rotatable bonds is 4. The maximum absolute atomic E-state index is 14.3. The summed E-state index contributed by atoms with van der Waals surface area (Å²) in [5.41, 5.74) is 1.93. The van der Waals surface area contributed by atoms with Crippen molar-refractivity contribution in [3.05, 3.63) is 29.6 Å². The predicted octanol–water partition coefficient (Wildman–Crippen LogP) is 3.80. The molecule has 0 amide bonds. The molecule has 1 aromatic carbocycles. The Labute approximate surface area is 131 Å². The van der Waals surface area contributed by atoms with Crippen LogP contribution < -0.4 is 10.2 Å². The highest BCUT2D eigenvalue weighted by atomic mass is 32.2. The summed E-state index contributed by atoms with van der Waals surface area (Å²) < 4.78 is 14.6. The average Bonchev–Trinajstić information content (AvgIpc) is 3.25. The summed E-state index contributed by atoms with van der Waals surface area (Å²) in [6.07, 6.45) is 3.61. The van der Waals surface area contributed by atoms with E-state index in [-0.39, 0.29) is 5.82 Å². The lowest BCUT2D eigenvalue weighted by Gasteiger charge is -2.26. The van der Waals surface area contributed by atoms with Gasteiger partial charge >= 0.3 is 0 Å². The fourth-order valence-corrected chi connectivity index (χ4v) is 3.91. The zero-order valence-corrected chi connectivity index (χ0v) is 13.8. The molecule has 1 N–H and O–H groups in total. The van der Waals surface area contributed by atoms with E-state index in [0.29, 0.717) is 17.3 Å². The third-order valence-electron chi connectivity index (χ3n) is 4.42. The second-order valence-electron chi connectivity index (χ2n) is 6.74. The van der Waals surface area contributed by atoms with Crippen LogP contribution in [0.25, 0.3) is 0 Å². The van der Waals surface area contributed by atoms with Crippen LogP contribution in [0.5, 0.6) is 0 Å².